The third-order valence-electron chi connectivity index (χ3n) is 3.85. The molecule has 0 amide bonds. The first-order chi connectivity index (χ1) is 10.5. The molecule has 3 rings (SSSR count). The first-order valence-electron chi connectivity index (χ1n) is 7.56. The Bertz CT molecular complexity index is 741. The lowest BCUT2D eigenvalue weighted by atomic mass is 9.93. The first kappa shape index (κ1) is 14.6. The van der Waals surface area contributed by atoms with Crippen LogP contribution in [0.15, 0.2) is 42.2 Å². The van der Waals surface area contributed by atoms with E-state index < -0.39 is 0 Å². The van der Waals surface area contributed by atoms with Crippen molar-refractivity contribution >= 4 is 5.78 Å². The topological polar surface area (TPSA) is 38.1 Å². The predicted octanol–water partition coefficient (Wildman–Crippen LogP) is 2.81. The third-order valence-corrected chi connectivity index (χ3v) is 3.85. The van der Waals surface area contributed by atoms with E-state index in [-0.39, 0.29) is 5.78 Å². The molecule has 0 saturated carbocycles. The van der Waals surface area contributed by atoms with Crippen molar-refractivity contribution < 1.29 is 4.79 Å². The van der Waals surface area contributed by atoms with E-state index in [0.29, 0.717) is 12.2 Å². The maximum Gasteiger partial charge on any atom is 0.210 e. The van der Waals surface area contributed by atoms with E-state index in [9.17, 15) is 4.79 Å². The first-order valence-corrected chi connectivity index (χ1v) is 7.56. The summed E-state index contributed by atoms with van der Waals surface area (Å²) in [6, 6.07) is 8.38. The van der Waals surface area contributed by atoms with Crippen molar-refractivity contribution in [3.05, 3.63) is 64.6 Å². The van der Waals surface area contributed by atoms with Crippen molar-refractivity contribution in [2.75, 3.05) is 14.1 Å². The lowest BCUT2D eigenvalue weighted by molar-refractivity contribution is 0.101. The van der Waals surface area contributed by atoms with E-state index in [0.717, 1.165) is 24.0 Å². The van der Waals surface area contributed by atoms with Crippen molar-refractivity contribution in [1.82, 2.24) is 14.7 Å². The van der Waals surface area contributed by atoms with Gasteiger partial charge in [0.25, 0.3) is 0 Å². The number of rotatable bonds is 3. The maximum absolute atomic E-state index is 12.5. The SMILES string of the molecule is Cc1cccc(Cn2cc3c(n2)C(=O)C(=CN(C)C)CC3)c1. The van der Waals surface area contributed by atoms with Crippen molar-refractivity contribution in [3.63, 3.8) is 0 Å². The van der Waals surface area contributed by atoms with Crippen LogP contribution in [0.2, 0.25) is 0 Å². The molecule has 0 N–H and O–H groups in total. The number of hydrogen-bond acceptors (Lipinski definition) is 3. The number of benzene rings is 1. The lowest BCUT2D eigenvalue weighted by Crippen LogP contribution is -2.16. The third kappa shape index (κ3) is 2.96. The highest BCUT2D eigenvalue weighted by molar-refractivity contribution is 6.09. The summed E-state index contributed by atoms with van der Waals surface area (Å²) in [7, 11) is 3.87. The van der Waals surface area contributed by atoms with Gasteiger partial charge in [0.15, 0.2) is 0 Å². The average Bonchev–Trinajstić information content (AvgIpc) is 2.85. The van der Waals surface area contributed by atoms with Crippen LogP contribution in [0.1, 0.15) is 33.6 Å². The summed E-state index contributed by atoms with van der Waals surface area (Å²) in [6.45, 7) is 2.79. The van der Waals surface area contributed by atoms with Gasteiger partial charge in [-0.15, -0.1) is 0 Å². The van der Waals surface area contributed by atoms with Gasteiger partial charge in [-0.05, 0) is 25.3 Å². The fourth-order valence-electron chi connectivity index (χ4n) is 2.89. The normalized spacial score (nSPS) is 16.0. The highest BCUT2D eigenvalue weighted by Crippen LogP contribution is 2.24. The van der Waals surface area contributed by atoms with Gasteiger partial charge in [-0.2, -0.15) is 5.10 Å². The van der Waals surface area contributed by atoms with Crippen LogP contribution in [-0.4, -0.2) is 34.6 Å². The van der Waals surface area contributed by atoms with Gasteiger partial charge in [-0.25, -0.2) is 0 Å². The number of Topliss-reactive ketones (excluding diaryl/α,β-unsaturated/α-hetero) is 1. The Kier molecular flexibility index (Phi) is 3.84. The molecule has 22 heavy (non-hydrogen) atoms. The Morgan fingerprint density at radius 2 is 2.14 bits per heavy atom. The Morgan fingerprint density at radius 3 is 2.86 bits per heavy atom. The molecule has 1 aromatic carbocycles. The van der Waals surface area contributed by atoms with Gasteiger partial charge in [-0.1, -0.05) is 29.8 Å². The Labute approximate surface area is 131 Å². The summed E-state index contributed by atoms with van der Waals surface area (Å²) in [4.78, 5) is 14.4. The van der Waals surface area contributed by atoms with Gasteiger partial charge in [0.1, 0.15) is 5.69 Å². The van der Waals surface area contributed by atoms with Crippen LogP contribution < -0.4 is 0 Å². The molecule has 0 bridgehead atoms. The zero-order valence-corrected chi connectivity index (χ0v) is 13.3. The summed E-state index contributed by atoms with van der Waals surface area (Å²) in [5.41, 5.74) is 4.97. The number of hydrogen-bond donors (Lipinski definition) is 0. The summed E-state index contributed by atoms with van der Waals surface area (Å²) >= 11 is 0. The summed E-state index contributed by atoms with van der Waals surface area (Å²) in [6.07, 6.45) is 5.60. The maximum atomic E-state index is 12.5. The van der Waals surface area contributed by atoms with Crippen molar-refractivity contribution in [2.24, 2.45) is 0 Å². The number of aryl methyl sites for hydroxylation is 2. The van der Waals surface area contributed by atoms with E-state index >= 15 is 0 Å². The lowest BCUT2D eigenvalue weighted by Gasteiger charge is -2.14. The second kappa shape index (κ2) is 5.79. The summed E-state index contributed by atoms with van der Waals surface area (Å²) in [5.74, 6) is 0.0675. The number of carbonyl (C=O) groups is 1. The zero-order chi connectivity index (χ0) is 15.7. The van der Waals surface area contributed by atoms with Crippen molar-refractivity contribution in [1.29, 1.82) is 0 Å². The molecule has 0 radical (unpaired) electrons. The van der Waals surface area contributed by atoms with Gasteiger partial charge in [0, 0.05) is 37.6 Å². The average molecular weight is 295 g/mol. The molecule has 0 aliphatic heterocycles. The Balaban J connectivity index is 1.86. The molecule has 0 saturated heterocycles. The molecule has 1 aliphatic rings. The molecule has 0 atom stereocenters. The number of ketones is 1. The molecule has 0 fully saturated rings. The smallest absolute Gasteiger partial charge is 0.210 e. The van der Waals surface area contributed by atoms with Crippen LogP contribution >= 0.6 is 0 Å². The van der Waals surface area contributed by atoms with Crippen LogP contribution in [0.4, 0.5) is 0 Å². The molecule has 1 aliphatic carbocycles. The quantitative estimate of drug-likeness (QED) is 0.817. The minimum absolute atomic E-state index is 0.0675. The molecular weight excluding hydrogens is 274 g/mol. The van der Waals surface area contributed by atoms with Gasteiger partial charge < -0.3 is 4.90 Å². The zero-order valence-electron chi connectivity index (χ0n) is 13.3. The molecule has 4 heteroatoms. The largest absolute Gasteiger partial charge is 0.383 e. The Morgan fingerprint density at radius 1 is 1.32 bits per heavy atom. The highest BCUT2D eigenvalue weighted by atomic mass is 16.1. The van der Waals surface area contributed by atoms with E-state index in [1.807, 2.05) is 36.1 Å². The second-order valence-electron chi connectivity index (χ2n) is 6.14. The van der Waals surface area contributed by atoms with Crippen LogP contribution in [-0.2, 0) is 13.0 Å². The molecular formula is C18H21N3O. The number of nitrogens with zero attached hydrogens (tertiary/aromatic N) is 3. The number of allylic oxidation sites excluding steroid dienone is 1. The molecule has 0 spiro atoms. The fourth-order valence-corrected chi connectivity index (χ4v) is 2.89. The van der Waals surface area contributed by atoms with E-state index in [1.165, 1.54) is 11.1 Å². The van der Waals surface area contributed by atoms with Crippen LogP contribution in [0.5, 0.6) is 0 Å². The van der Waals surface area contributed by atoms with Gasteiger partial charge >= 0.3 is 0 Å². The van der Waals surface area contributed by atoms with E-state index in [4.69, 9.17) is 0 Å². The van der Waals surface area contributed by atoms with Crippen molar-refractivity contribution in [3.8, 4) is 0 Å². The molecule has 2 aromatic rings. The van der Waals surface area contributed by atoms with Gasteiger partial charge in [-0.3, -0.25) is 9.48 Å². The summed E-state index contributed by atoms with van der Waals surface area (Å²) < 4.78 is 1.88. The number of carbonyl (C=O) groups excluding carboxylic acids is 1. The molecule has 4 nitrogen and oxygen atoms in total. The van der Waals surface area contributed by atoms with E-state index in [2.05, 4.69) is 36.3 Å². The van der Waals surface area contributed by atoms with Gasteiger partial charge in [0.05, 0.1) is 6.54 Å². The summed E-state index contributed by atoms with van der Waals surface area (Å²) in [5, 5.41) is 4.52. The highest BCUT2D eigenvalue weighted by Gasteiger charge is 2.25. The van der Waals surface area contributed by atoms with Crippen LogP contribution in [0.25, 0.3) is 0 Å². The predicted molar refractivity (Wildman–Crippen MR) is 86.9 cm³/mol. The molecule has 0 unspecified atom stereocenters. The van der Waals surface area contributed by atoms with E-state index in [1.54, 1.807) is 0 Å². The van der Waals surface area contributed by atoms with Crippen LogP contribution in [0.3, 0.4) is 0 Å². The fraction of sp³-hybridized carbons (Fsp3) is 0.333. The molecule has 1 heterocycles. The van der Waals surface area contributed by atoms with Gasteiger partial charge in [0.2, 0.25) is 5.78 Å². The Hall–Kier alpha value is -2.36. The minimum atomic E-state index is 0.0675. The minimum Gasteiger partial charge on any atom is -0.383 e. The monoisotopic (exact) mass is 295 g/mol. The number of aromatic nitrogens is 2. The van der Waals surface area contributed by atoms with Crippen LogP contribution in [0, 0.1) is 6.92 Å². The molecule has 1 aromatic heterocycles. The second-order valence-corrected chi connectivity index (χ2v) is 6.14. The molecule has 114 valence electrons. The standard InChI is InChI=1S/C18H21N3O/c1-13-5-4-6-14(9-13)10-21-12-15-7-8-16(11-20(2)3)18(22)17(15)19-21/h4-6,9,11-12H,7-8,10H2,1-3H3. The number of fused-ring (bicyclic) bond motifs is 1. The van der Waals surface area contributed by atoms with Crippen molar-refractivity contribution in [2.45, 2.75) is 26.3 Å².